The highest BCUT2D eigenvalue weighted by molar-refractivity contribution is 6.25. The van der Waals surface area contributed by atoms with Gasteiger partial charge in [0, 0.05) is 17.8 Å². The van der Waals surface area contributed by atoms with Gasteiger partial charge >= 0.3 is 0 Å². The first-order chi connectivity index (χ1) is 6.22. The largest absolute Gasteiger partial charge is 0.381 e. The molecule has 1 N–H and O–H groups in total. The first-order valence-electron chi connectivity index (χ1n) is 3.97. The number of benzene rings is 1. The van der Waals surface area contributed by atoms with Crippen LogP contribution in [0.25, 0.3) is 0 Å². The molecule has 0 spiro atoms. The summed E-state index contributed by atoms with van der Waals surface area (Å²) in [6.07, 6.45) is 0. The predicted octanol–water partition coefficient (Wildman–Crippen LogP) is 3.38. The van der Waals surface area contributed by atoms with Crippen molar-refractivity contribution in [1.29, 1.82) is 0 Å². The van der Waals surface area contributed by atoms with Gasteiger partial charge in [-0.15, -0.1) is 0 Å². The molecule has 1 aromatic rings. The van der Waals surface area contributed by atoms with E-state index in [4.69, 9.17) is 11.6 Å². The Bertz CT molecular complexity index is 292. The van der Waals surface area contributed by atoms with Crippen LogP contribution in [0, 0.1) is 5.82 Å². The third-order valence-corrected chi connectivity index (χ3v) is 1.97. The maximum atomic E-state index is 12.5. The summed E-state index contributed by atoms with van der Waals surface area (Å²) in [5, 5.41) is 3.10. The van der Waals surface area contributed by atoms with Gasteiger partial charge in [0.2, 0.25) is 0 Å². The van der Waals surface area contributed by atoms with Gasteiger partial charge in [-0.2, -0.15) is 0 Å². The zero-order valence-electron chi connectivity index (χ0n) is 7.35. The summed E-state index contributed by atoms with van der Waals surface area (Å²) in [4.78, 5) is 0. The van der Waals surface area contributed by atoms with Crippen molar-refractivity contribution >= 4 is 17.3 Å². The van der Waals surface area contributed by atoms with Crippen molar-refractivity contribution in [2.75, 3.05) is 11.9 Å². The van der Waals surface area contributed by atoms with E-state index in [-0.39, 0.29) is 5.82 Å². The van der Waals surface area contributed by atoms with Gasteiger partial charge in [-0.25, -0.2) is 4.39 Å². The Labute approximate surface area is 82.2 Å². The molecule has 0 saturated carbocycles. The standard InChI is InChI=1S/C10H11ClFN/c1-8(6-11)7-13-10-4-2-9(12)3-5-10/h2-6,13H,7H2,1H3/b8-6-. The van der Waals surface area contributed by atoms with Crippen LogP contribution in [0.5, 0.6) is 0 Å². The molecule has 0 amide bonds. The molecule has 70 valence electrons. The van der Waals surface area contributed by atoms with E-state index in [1.54, 1.807) is 12.1 Å². The van der Waals surface area contributed by atoms with Gasteiger partial charge in [-0.3, -0.25) is 0 Å². The average molecular weight is 200 g/mol. The Morgan fingerprint density at radius 3 is 2.62 bits per heavy atom. The van der Waals surface area contributed by atoms with Crippen LogP contribution in [0.1, 0.15) is 6.92 Å². The average Bonchev–Trinajstić information content (AvgIpc) is 2.16. The van der Waals surface area contributed by atoms with E-state index in [2.05, 4.69) is 5.32 Å². The summed E-state index contributed by atoms with van der Waals surface area (Å²) in [7, 11) is 0. The molecule has 0 unspecified atom stereocenters. The van der Waals surface area contributed by atoms with Crippen LogP contribution in [-0.2, 0) is 0 Å². The zero-order chi connectivity index (χ0) is 9.68. The summed E-state index contributed by atoms with van der Waals surface area (Å²) in [5.41, 5.74) is 3.45. The van der Waals surface area contributed by atoms with E-state index < -0.39 is 0 Å². The van der Waals surface area contributed by atoms with E-state index in [0.29, 0.717) is 6.54 Å². The third kappa shape index (κ3) is 3.47. The number of hydrogen-bond donors (Lipinski definition) is 1. The Balaban J connectivity index is 2.51. The van der Waals surface area contributed by atoms with Crippen molar-refractivity contribution in [3.05, 3.63) is 41.2 Å². The smallest absolute Gasteiger partial charge is 0.123 e. The maximum Gasteiger partial charge on any atom is 0.123 e. The van der Waals surface area contributed by atoms with Crippen molar-refractivity contribution in [3.8, 4) is 0 Å². The Morgan fingerprint density at radius 2 is 2.08 bits per heavy atom. The minimum atomic E-state index is -0.227. The number of anilines is 1. The number of rotatable bonds is 3. The van der Waals surface area contributed by atoms with Crippen LogP contribution >= 0.6 is 11.6 Å². The number of nitrogens with one attached hydrogen (secondary N) is 1. The van der Waals surface area contributed by atoms with Crippen LogP contribution in [-0.4, -0.2) is 6.54 Å². The second-order valence-corrected chi connectivity index (χ2v) is 3.03. The summed E-state index contributed by atoms with van der Waals surface area (Å²) < 4.78 is 12.5. The molecule has 0 saturated heterocycles. The molecule has 0 aliphatic carbocycles. The zero-order valence-corrected chi connectivity index (χ0v) is 8.11. The Kier molecular flexibility index (Phi) is 3.77. The first kappa shape index (κ1) is 10.1. The monoisotopic (exact) mass is 199 g/mol. The van der Waals surface area contributed by atoms with Crippen molar-refractivity contribution in [2.45, 2.75) is 6.92 Å². The predicted molar refractivity (Wildman–Crippen MR) is 54.5 cm³/mol. The lowest BCUT2D eigenvalue weighted by Crippen LogP contribution is -2.01. The SMILES string of the molecule is C/C(=C/Cl)CNc1ccc(F)cc1. The molecular weight excluding hydrogens is 189 g/mol. The highest BCUT2D eigenvalue weighted by Crippen LogP contribution is 2.08. The highest BCUT2D eigenvalue weighted by atomic mass is 35.5. The van der Waals surface area contributed by atoms with Crippen molar-refractivity contribution in [2.24, 2.45) is 0 Å². The molecule has 1 aromatic carbocycles. The van der Waals surface area contributed by atoms with Gasteiger partial charge in [-0.05, 0) is 36.8 Å². The molecule has 0 aromatic heterocycles. The lowest BCUT2D eigenvalue weighted by atomic mass is 10.3. The highest BCUT2D eigenvalue weighted by Gasteiger charge is 1.92. The summed E-state index contributed by atoms with van der Waals surface area (Å²) >= 11 is 5.48. The van der Waals surface area contributed by atoms with Gasteiger partial charge in [0.15, 0.2) is 0 Å². The minimum Gasteiger partial charge on any atom is -0.381 e. The van der Waals surface area contributed by atoms with E-state index in [0.717, 1.165) is 11.3 Å². The van der Waals surface area contributed by atoms with Crippen LogP contribution in [0.2, 0.25) is 0 Å². The van der Waals surface area contributed by atoms with Crippen LogP contribution in [0.4, 0.5) is 10.1 Å². The molecule has 1 rings (SSSR count). The molecule has 0 fully saturated rings. The van der Waals surface area contributed by atoms with E-state index >= 15 is 0 Å². The van der Waals surface area contributed by atoms with E-state index in [1.807, 2.05) is 6.92 Å². The molecule has 0 aliphatic rings. The number of halogens is 2. The molecule has 13 heavy (non-hydrogen) atoms. The fourth-order valence-electron chi connectivity index (χ4n) is 0.848. The second-order valence-electron chi connectivity index (χ2n) is 2.82. The topological polar surface area (TPSA) is 12.0 Å². The van der Waals surface area contributed by atoms with Gasteiger partial charge in [0.1, 0.15) is 5.82 Å². The summed E-state index contributed by atoms with van der Waals surface area (Å²) in [5.74, 6) is -0.227. The normalized spacial score (nSPS) is 11.5. The molecule has 0 bridgehead atoms. The van der Waals surface area contributed by atoms with Gasteiger partial charge < -0.3 is 5.32 Å². The third-order valence-electron chi connectivity index (χ3n) is 1.60. The molecule has 3 heteroatoms. The fourth-order valence-corrected chi connectivity index (χ4v) is 0.925. The quantitative estimate of drug-likeness (QED) is 0.787. The molecule has 0 atom stereocenters. The van der Waals surface area contributed by atoms with Crippen molar-refractivity contribution in [1.82, 2.24) is 0 Å². The van der Waals surface area contributed by atoms with Gasteiger partial charge in [-0.1, -0.05) is 11.6 Å². The van der Waals surface area contributed by atoms with Crippen molar-refractivity contribution < 1.29 is 4.39 Å². The van der Waals surface area contributed by atoms with Gasteiger partial charge in [0.25, 0.3) is 0 Å². The molecule has 0 radical (unpaired) electrons. The molecule has 0 heterocycles. The lowest BCUT2D eigenvalue weighted by molar-refractivity contribution is 0.628. The maximum absolute atomic E-state index is 12.5. The lowest BCUT2D eigenvalue weighted by Gasteiger charge is -2.05. The van der Waals surface area contributed by atoms with Crippen LogP contribution in [0.3, 0.4) is 0 Å². The van der Waals surface area contributed by atoms with Crippen LogP contribution < -0.4 is 5.32 Å². The summed E-state index contributed by atoms with van der Waals surface area (Å²) in [6, 6.07) is 6.22. The minimum absolute atomic E-state index is 0.227. The molecular formula is C10H11ClFN. The Morgan fingerprint density at radius 1 is 1.46 bits per heavy atom. The molecule has 1 nitrogen and oxygen atoms in total. The van der Waals surface area contributed by atoms with Gasteiger partial charge in [0.05, 0.1) is 0 Å². The summed E-state index contributed by atoms with van der Waals surface area (Å²) in [6.45, 7) is 2.60. The Hall–Kier alpha value is -1.02. The number of hydrogen-bond acceptors (Lipinski definition) is 1. The van der Waals surface area contributed by atoms with E-state index in [9.17, 15) is 4.39 Å². The first-order valence-corrected chi connectivity index (χ1v) is 4.41. The van der Waals surface area contributed by atoms with Crippen molar-refractivity contribution in [3.63, 3.8) is 0 Å². The van der Waals surface area contributed by atoms with E-state index in [1.165, 1.54) is 17.7 Å². The second kappa shape index (κ2) is 4.87. The van der Waals surface area contributed by atoms with Crippen LogP contribution in [0.15, 0.2) is 35.4 Å². The fraction of sp³-hybridized carbons (Fsp3) is 0.200. The molecule has 0 aliphatic heterocycles.